The molecule has 0 aliphatic carbocycles. The van der Waals surface area contributed by atoms with Crippen LogP contribution in [0.25, 0.3) is 0 Å². The van der Waals surface area contributed by atoms with Gasteiger partial charge >= 0.3 is 5.82 Å². The van der Waals surface area contributed by atoms with Crippen LogP contribution in [0.15, 0.2) is 6.20 Å². The minimum absolute atomic E-state index is 0.0501. The molecule has 0 bridgehead atoms. The number of aliphatic hydroxyl groups is 1. The summed E-state index contributed by atoms with van der Waals surface area (Å²) < 4.78 is 1.40. The smallest absolute Gasteiger partial charge is 0.381 e. The first-order valence-corrected chi connectivity index (χ1v) is 6.07. The lowest BCUT2D eigenvalue weighted by Crippen LogP contribution is -2.34. The van der Waals surface area contributed by atoms with Crippen LogP contribution >= 0.6 is 0 Å². The Bertz CT molecular complexity index is 458. The molecular formula is C11H18N4O4. The van der Waals surface area contributed by atoms with Crippen molar-refractivity contribution in [2.45, 2.75) is 39.3 Å². The fraction of sp³-hybridized carbons (Fsp3) is 0.636. The molecule has 1 heterocycles. The number of rotatable bonds is 7. The highest BCUT2D eigenvalue weighted by Crippen LogP contribution is 2.09. The van der Waals surface area contributed by atoms with Gasteiger partial charge in [-0.25, -0.2) is 0 Å². The molecule has 0 saturated heterocycles. The third-order valence-corrected chi connectivity index (χ3v) is 2.62. The van der Waals surface area contributed by atoms with E-state index >= 15 is 0 Å². The molecule has 8 nitrogen and oxygen atoms in total. The van der Waals surface area contributed by atoms with E-state index in [0.29, 0.717) is 12.2 Å². The number of carbonyl (C=O) groups excluding carboxylic acids is 1. The highest BCUT2D eigenvalue weighted by Gasteiger charge is 2.17. The average molecular weight is 270 g/mol. The highest BCUT2D eigenvalue weighted by molar-refractivity contribution is 5.75. The van der Waals surface area contributed by atoms with Crippen molar-refractivity contribution in [3.63, 3.8) is 0 Å². The first kappa shape index (κ1) is 15.1. The zero-order valence-corrected chi connectivity index (χ0v) is 11.0. The van der Waals surface area contributed by atoms with Gasteiger partial charge in [0.1, 0.15) is 12.7 Å². The van der Waals surface area contributed by atoms with Gasteiger partial charge in [0.25, 0.3) is 0 Å². The van der Waals surface area contributed by atoms with Crippen LogP contribution in [-0.4, -0.2) is 38.1 Å². The summed E-state index contributed by atoms with van der Waals surface area (Å²) in [4.78, 5) is 25.3. The van der Waals surface area contributed by atoms with Crippen molar-refractivity contribution < 1.29 is 14.8 Å². The summed E-state index contributed by atoms with van der Waals surface area (Å²) in [5.41, 5.74) is 0. The van der Waals surface area contributed by atoms with Gasteiger partial charge in [0, 0.05) is 13.5 Å². The van der Waals surface area contributed by atoms with Gasteiger partial charge in [-0.15, -0.1) is 0 Å². The van der Waals surface area contributed by atoms with Gasteiger partial charge < -0.3 is 20.5 Å². The van der Waals surface area contributed by atoms with Crippen molar-refractivity contribution in [1.29, 1.82) is 0 Å². The molecule has 1 aromatic heterocycles. The van der Waals surface area contributed by atoms with E-state index in [1.807, 2.05) is 6.92 Å². The summed E-state index contributed by atoms with van der Waals surface area (Å²) in [5, 5.41) is 22.6. The third kappa shape index (κ3) is 4.66. The fourth-order valence-corrected chi connectivity index (χ4v) is 1.62. The maximum absolute atomic E-state index is 11.6. The van der Waals surface area contributed by atoms with Crippen molar-refractivity contribution in [3.05, 3.63) is 22.1 Å². The molecule has 0 saturated carbocycles. The monoisotopic (exact) mass is 270 g/mol. The van der Waals surface area contributed by atoms with Crippen molar-refractivity contribution in [1.82, 2.24) is 14.9 Å². The Labute approximate surface area is 110 Å². The molecule has 0 aromatic carbocycles. The molecule has 1 unspecified atom stereocenters. The van der Waals surface area contributed by atoms with Crippen LogP contribution in [0.1, 0.15) is 25.6 Å². The van der Waals surface area contributed by atoms with Crippen LogP contribution in [-0.2, 0) is 11.3 Å². The van der Waals surface area contributed by atoms with Gasteiger partial charge in [0.15, 0.2) is 0 Å². The highest BCUT2D eigenvalue weighted by atomic mass is 16.6. The largest absolute Gasteiger partial charge is 0.391 e. The predicted molar refractivity (Wildman–Crippen MR) is 67.5 cm³/mol. The van der Waals surface area contributed by atoms with E-state index in [1.165, 1.54) is 10.8 Å². The Hall–Kier alpha value is -1.96. The first-order chi connectivity index (χ1) is 8.93. The van der Waals surface area contributed by atoms with Gasteiger partial charge in [-0.05, 0) is 16.3 Å². The average Bonchev–Trinajstić information content (AvgIpc) is 2.69. The minimum Gasteiger partial charge on any atom is -0.391 e. The molecule has 1 rings (SSSR count). The minimum atomic E-state index is -0.605. The second-order valence-corrected chi connectivity index (χ2v) is 4.28. The molecular weight excluding hydrogens is 252 g/mol. The number of aliphatic hydroxyl groups excluding tert-OH is 1. The molecule has 0 spiro atoms. The van der Waals surface area contributed by atoms with E-state index in [4.69, 9.17) is 0 Å². The Morgan fingerprint density at radius 2 is 2.37 bits per heavy atom. The van der Waals surface area contributed by atoms with Crippen molar-refractivity contribution in [2.24, 2.45) is 0 Å². The van der Waals surface area contributed by atoms with Crippen LogP contribution in [0.4, 0.5) is 5.82 Å². The fourth-order valence-electron chi connectivity index (χ4n) is 1.62. The van der Waals surface area contributed by atoms with E-state index in [0.717, 1.165) is 6.42 Å². The first-order valence-electron chi connectivity index (χ1n) is 6.07. The maximum Gasteiger partial charge on any atom is 0.381 e. The molecule has 1 atom stereocenters. The number of imidazole rings is 1. The van der Waals surface area contributed by atoms with E-state index in [9.17, 15) is 20.0 Å². The van der Waals surface area contributed by atoms with Crippen LogP contribution in [0.2, 0.25) is 0 Å². The number of carbonyl (C=O) groups is 1. The number of nitro groups is 1. The number of aryl methyl sites for hydroxylation is 1. The normalized spacial score (nSPS) is 12.2. The number of nitrogens with zero attached hydrogens (tertiary/aromatic N) is 3. The van der Waals surface area contributed by atoms with E-state index in [2.05, 4.69) is 10.3 Å². The summed E-state index contributed by atoms with van der Waals surface area (Å²) in [7, 11) is 0. The van der Waals surface area contributed by atoms with Gasteiger partial charge in [-0.3, -0.25) is 9.36 Å². The van der Waals surface area contributed by atoms with Crippen LogP contribution in [0, 0.1) is 17.0 Å². The predicted octanol–water partition coefficient (Wildman–Crippen LogP) is 0.377. The molecule has 0 aliphatic heterocycles. The number of aromatic nitrogens is 2. The third-order valence-electron chi connectivity index (χ3n) is 2.62. The molecule has 0 radical (unpaired) electrons. The lowest BCUT2D eigenvalue weighted by molar-refractivity contribution is -0.389. The zero-order chi connectivity index (χ0) is 14.4. The summed E-state index contributed by atoms with van der Waals surface area (Å²) in [6.07, 6.45) is 2.11. The Morgan fingerprint density at radius 3 is 2.89 bits per heavy atom. The van der Waals surface area contributed by atoms with E-state index in [-0.39, 0.29) is 24.8 Å². The lowest BCUT2D eigenvalue weighted by atomic mass is 10.2. The molecule has 1 amide bonds. The molecule has 0 fully saturated rings. The van der Waals surface area contributed by atoms with Crippen molar-refractivity contribution >= 4 is 11.7 Å². The standard InChI is InChI=1S/C11H18N4O4/c1-3-4-9(16)5-12-11(17)7-14-6-10(15(18)19)13-8(14)2/h6,9,16H,3-5,7H2,1-2H3,(H,12,17). The van der Waals surface area contributed by atoms with Gasteiger partial charge in [-0.2, -0.15) is 0 Å². The van der Waals surface area contributed by atoms with Crippen molar-refractivity contribution in [3.8, 4) is 0 Å². The summed E-state index contributed by atoms with van der Waals surface area (Å²) >= 11 is 0. The number of hydrogen-bond donors (Lipinski definition) is 2. The molecule has 8 heteroatoms. The summed E-state index contributed by atoms with van der Waals surface area (Å²) in [6.45, 7) is 3.67. The topological polar surface area (TPSA) is 110 Å². The number of amides is 1. The summed E-state index contributed by atoms with van der Waals surface area (Å²) in [6, 6.07) is 0. The lowest BCUT2D eigenvalue weighted by Gasteiger charge is -2.10. The number of hydrogen-bond acceptors (Lipinski definition) is 5. The van der Waals surface area contributed by atoms with Gasteiger partial charge in [-0.1, -0.05) is 13.3 Å². The van der Waals surface area contributed by atoms with Crippen molar-refractivity contribution in [2.75, 3.05) is 6.54 Å². The molecule has 19 heavy (non-hydrogen) atoms. The SMILES string of the molecule is CCCC(O)CNC(=O)Cn1cc([N+](=O)[O-])nc1C. The number of nitrogens with one attached hydrogen (secondary N) is 1. The molecule has 1 aromatic rings. The van der Waals surface area contributed by atoms with Gasteiger partial charge in [0.2, 0.25) is 11.7 Å². The maximum atomic E-state index is 11.6. The Kier molecular flexibility index (Phi) is 5.43. The van der Waals surface area contributed by atoms with Gasteiger partial charge in [0.05, 0.1) is 6.10 Å². The second-order valence-electron chi connectivity index (χ2n) is 4.28. The summed E-state index contributed by atoms with van der Waals surface area (Å²) in [5.74, 6) is -0.196. The van der Waals surface area contributed by atoms with Crippen LogP contribution < -0.4 is 5.32 Å². The molecule has 106 valence electrons. The van der Waals surface area contributed by atoms with E-state index in [1.54, 1.807) is 6.92 Å². The second kappa shape index (κ2) is 6.83. The van der Waals surface area contributed by atoms with Crippen LogP contribution in [0.5, 0.6) is 0 Å². The molecule has 0 aliphatic rings. The Morgan fingerprint density at radius 1 is 1.68 bits per heavy atom. The Balaban J connectivity index is 2.50. The molecule has 2 N–H and O–H groups in total. The van der Waals surface area contributed by atoms with E-state index < -0.39 is 11.0 Å². The van der Waals surface area contributed by atoms with Crippen LogP contribution in [0.3, 0.4) is 0 Å². The zero-order valence-electron chi connectivity index (χ0n) is 11.0. The quantitative estimate of drug-likeness (QED) is 0.549.